The fourth-order valence-corrected chi connectivity index (χ4v) is 1.72. The standard InChI is InChI=1S/C15H23NO2/c1-6-11(3)18-14-9-8-13(10-15(14)17-5)12(4)16-7-2/h6,8-12,16H,1,7H2,2-5H3. The second-order valence-corrected chi connectivity index (χ2v) is 4.25. The van der Waals surface area contributed by atoms with Crippen molar-refractivity contribution in [2.45, 2.75) is 32.9 Å². The van der Waals surface area contributed by atoms with E-state index in [1.165, 1.54) is 5.56 Å². The van der Waals surface area contributed by atoms with Crippen LogP contribution in [-0.2, 0) is 0 Å². The number of benzene rings is 1. The lowest BCUT2D eigenvalue weighted by molar-refractivity contribution is 0.254. The molecule has 1 aromatic rings. The van der Waals surface area contributed by atoms with Gasteiger partial charge in [-0.1, -0.05) is 25.6 Å². The van der Waals surface area contributed by atoms with Crippen molar-refractivity contribution in [2.75, 3.05) is 13.7 Å². The highest BCUT2D eigenvalue weighted by molar-refractivity contribution is 5.44. The molecule has 0 aliphatic carbocycles. The highest BCUT2D eigenvalue weighted by atomic mass is 16.5. The highest BCUT2D eigenvalue weighted by Crippen LogP contribution is 2.31. The summed E-state index contributed by atoms with van der Waals surface area (Å²) in [5, 5.41) is 3.37. The van der Waals surface area contributed by atoms with Gasteiger partial charge >= 0.3 is 0 Å². The summed E-state index contributed by atoms with van der Waals surface area (Å²) in [6.07, 6.45) is 1.73. The van der Waals surface area contributed by atoms with E-state index in [-0.39, 0.29) is 6.10 Å². The second-order valence-electron chi connectivity index (χ2n) is 4.25. The number of hydrogen-bond acceptors (Lipinski definition) is 3. The summed E-state index contributed by atoms with van der Waals surface area (Å²) in [5.41, 5.74) is 1.19. The lowest BCUT2D eigenvalue weighted by Crippen LogP contribution is -2.17. The molecule has 100 valence electrons. The molecule has 2 atom stereocenters. The van der Waals surface area contributed by atoms with Crippen molar-refractivity contribution in [2.24, 2.45) is 0 Å². The van der Waals surface area contributed by atoms with Crippen LogP contribution in [-0.4, -0.2) is 19.8 Å². The average Bonchev–Trinajstić information content (AvgIpc) is 2.39. The monoisotopic (exact) mass is 249 g/mol. The van der Waals surface area contributed by atoms with E-state index < -0.39 is 0 Å². The molecule has 0 saturated carbocycles. The van der Waals surface area contributed by atoms with Crippen molar-refractivity contribution in [1.82, 2.24) is 5.32 Å². The van der Waals surface area contributed by atoms with Crippen LogP contribution in [0.15, 0.2) is 30.9 Å². The second kappa shape index (κ2) is 7.07. The van der Waals surface area contributed by atoms with Crippen LogP contribution in [0.5, 0.6) is 11.5 Å². The van der Waals surface area contributed by atoms with Crippen LogP contribution in [0, 0.1) is 0 Å². The number of methoxy groups -OCH3 is 1. The summed E-state index contributed by atoms with van der Waals surface area (Å²) in [6, 6.07) is 6.32. The van der Waals surface area contributed by atoms with Crippen LogP contribution in [0.2, 0.25) is 0 Å². The fraction of sp³-hybridized carbons (Fsp3) is 0.467. The van der Waals surface area contributed by atoms with Gasteiger partial charge in [-0.15, -0.1) is 0 Å². The molecule has 3 heteroatoms. The third-order valence-corrected chi connectivity index (χ3v) is 2.84. The Balaban J connectivity index is 2.92. The highest BCUT2D eigenvalue weighted by Gasteiger charge is 2.11. The minimum atomic E-state index is -0.0315. The van der Waals surface area contributed by atoms with Gasteiger partial charge in [0.25, 0.3) is 0 Å². The number of nitrogens with one attached hydrogen (secondary N) is 1. The first-order valence-electron chi connectivity index (χ1n) is 6.32. The molecule has 0 saturated heterocycles. The minimum Gasteiger partial charge on any atom is -0.493 e. The molecule has 18 heavy (non-hydrogen) atoms. The molecule has 2 unspecified atom stereocenters. The average molecular weight is 249 g/mol. The summed E-state index contributed by atoms with van der Waals surface area (Å²) < 4.78 is 11.1. The first kappa shape index (κ1) is 14.6. The van der Waals surface area contributed by atoms with E-state index in [9.17, 15) is 0 Å². The molecule has 1 rings (SSSR count). The molecule has 0 heterocycles. The Morgan fingerprint density at radius 1 is 1.33 bits per heavy atom. The normalized spacial score (nSPS) is 13.8. The van der Waals surface area contributed by atoms with Gasteiger partial charge in [0.05, 0.1) is 7.11 Å². The van der Waals surface area contributed by atoms with Gasteiger partial charge in [-0.05, 0) is 38.1 Å². The van der Waals surface area contributed by atoms with Crippen molar-refractivity contribution >= 4 is 0 Å². The van der Waals surface area contributed by atoms with Gasteiger partial charge in [0, 0.05) is 6.04 Å². The van der Waals surface area contributed by atoms with E-state index in [0.29, 0.717) is 6.04 Å². The Morgan fingerprint density at radius 3 is 2.61 bits per heavy atom. The van der Waals surface area contributed by atoms with Crippen molar-refractivity contribution in [3.8, 4) is 11.5 Å². The van der Waals surface area contributed by atoms with Crippen molar-refractivity contribution in [1.29, 1.82) is 0 Å². The maximum atomic E-state index is 5.72. The zero-order valence-electron chi connectivity index (χ0n) is 11.7. The summed E-state index contributed by atoms with van der Waals surface area (Å²) in [5.74, 6) is 1.50. The molecule has 0 aromatic heterocycles. The van der Waals surface area contributed by atoms with Crippen LogP contribution in [0.4, 0.5) is 0 Å². The lowest BCUT2D eigenvalue weighted by Gasteiger charge is -2.17. The van der Waals surface area contributed by atoms with Gasteiger partial charge in [-0.3, -0.25) is 0 Å². The smallest absolute Gasteiger partial charge is 0.162 e. The lowest BCUT2D eigenvalue weighted by atomic mass is 10.1. The molecule has 0 spiro atoms. The van der Waals surface area contributed by atoms with Gasteiger partial charge in [0.1, 0.15) is 6.10 Å². The Bertz CT molecular complexity index is 390. The van der Waals surface area contributed by atoms with Gasteiger partial charge < -0.3 is 14.8 Å². The number of ether oxygens (including phenoxy) is 2. The number of rotatable bonds is 7. The Labute approximate surface area is 110 Å². The first-order chi connectivity index (χ1) is 8.62. The zero-order chi connectivity index (χ0) is 13.5. The van der Waals surface area contributed by atoms with E-state index >= 15 is 0 Å². The SMILES string of the molecule is C=CC(C)Oc1ccc(C(C)NCC)cc1OC. The van der Waals surface area contributed by atoms with Crippen molar-refractivity contribution in [3.63, 3.8) is 0 Å². The first-order valence-corrected chi connectivity index (χ1v) is 6.32. The van der Waals surface area contributed by atoms with E-state index in [0.717, 1.165) is 18.0 Å². The third-order valence-electron chi connectivity index (χ3n) is 2.84. The van der Waals surface area contributed by atoms with Crippen LogP contribution >= 0.6 is 0 Å². The van der Waals surface area contributed by atoms with E-state index in [4.69, 9.17) is 9.47 Å². The number of hydrogen-bond donors (Lipinski definition) is 1. The van der Waals surface area contributed by atoms with Gasteiger partial charge in [0.2, 0.25) is 0 Å². The summed E-state index contributed by atoms with van der Waals surface area (Å²) in [6.45, 7) is 10.8. The van der Waals surface area contributed by atoms with E-state index in [1.807, 2.05) is 19.1 Å². The van der Waals surface area contributed by atoms with Crippen LogP contribution in [0.3, 0.4) is 0 Å². The topological polar surface area (TPSA) is 30.5 Å². The molecule has 1 N–H and O–H groups in total. The third kappa shape index (κ3) is 3.77. The minimum absolute atomic E-state index is 0.0315. The molecule has 0 amide bonds. The molecule has 0 bridgehead atoms. The predicted molar refractivity (Wildman–Crippen MR) is 75.4 cm³/mol. The van der Waals surface area contributed by atoms with Crippen molar-refractivity contribution in [3.05, 3.63) is 36.4 Å². The molecule has 0 radical (unpaired) electrons. The van der Waals surface area contributed by atoms with E-state index in [2.05, 4.69) is 31.8 Å². The quantitative estimate of drug-likeness (QED) is 0.752. The predicted octanol–water partition coefficient (Wildman–Crippen LogP) is 3.32. The molecule has 0 aliphatic heterocycles. The van der Waals surface area contributed by atoms with Crippen LogP contribution in [0.25, 0.3) is 0 Å². The Hall–Kier alpha value is -1.48. The Kier molecular flexibility index (Phi) is 5.72. The fourth-order valence-electron chi connectivity index (χ4n) is 1.72. The molecule has 0 fully saturated rings. The Morgan fingerprint density at radius 2 is 2.06 bits per heavy atom. The molecule has 3 nitrogen and oxygen atoms in total. The van der Waals surface area contributed by atoms with Crippen LogP contribution in [0.1, 0.15) is 32.4 Å². The largest absolute Gasteiger partial charge is 0.493 e. The molecule has 0 aliphatic rings. The maximum absolute atomic E-state index is 5.72. The van der Waals surface area contributed by atoms with Crippen molar-refractivity contribution < 1.29 is 9.47 Å². The molecular weight excluding hydrogens is 226 g/mol. The molecule has 1 aromatic carbocycles. The summed E-state index contributed by atoms with van der Waals surface area (Å²) in [7, 11) is 1.66. The van der Waals surface area contributed by atoms with E-state index in [1.54, 1.807) is 13.2 Å². The molecular formula is C15H23NO2. The van der Waals surface area contributed by atoms with Gasteiger partial charge in [-0.2, -0.15) is 0 Å². The van der Waals surface area contributed by atoms with Gasteiger partial charge in [-0.25, -0.2) is 0 Å². The summed E-state index contributed by atoms with van der Waals surface area (Å²) >= 11 is 0. The zero-order valence-corrected chi connectivity index (χ0v) is 11.7. The maximum Gasteiger partial charge on any atom is 0.162 e. The van der Waals surface area contributed by atoms with Gasteiger partial charge in [0.15, 0.2) is 11.5 Å². The summed E-state index contributed by atoms with van der Waals surface area (Å²) in [4.78, 5) is 0. The van der Waals surface area contributed by atoms with Crippen LogP contribution < -0.4 is 14.8 Å².